The molecule has 7 nitrogen and oxygen atoms in total. The van der Waals surface area contributed by atoms with Gasteiger partial charge >= 0.3 is 5.97 Å². The number of carboxylic acids is 1. The molecule has 3 aromatic heterocycles. The maximum absolute atomic E-state index is 13.5. The zero-order valence-electron chi connectivity index (χ0n) is 17.0. The molecule has 4 rings (SSSR count). The van der Waals surface area contributed by atoms with Gasteiger partial charge in [-0.15, -0.1) is 11.3 Å². The number of thiophene rings is 1. The van der Waals surface area contributed by atoms with Crippen LogP contribution in [-0.2, 0) is 6.54 Å². The Balaban J connectivity index is 1.88. The van der Waals surface area contributed by atoms with Crippen LogP contribution in [0.25, 0.3) is 21.3 Å². The highest BCUT2D eigenvalue weighted by Crippen LogP contribution is 2.37. The molecule has 0 aliphatic rings. The zero-order chi connectivity index (χ0) is 21.6. The number of fused-ring (bicyclic) bond motifs is 1. The fraction of sp³-hybridized carbons (Fsp3) is 0.227. The van der Waals surface area contributed by atoms with Gasteiger partial charge in [0.15, 0.2) is 0 Å². The first kappa shape index (κ1) is 19.9. The number of ether oxygens (including phenoxy) is 1. The van der Waals surface area contributed by atoms with Crippen molar-refractivity contribution >= 4 is 27.5 Å². The molecule has 0 radical (unpaired) electrons. The molecule has 0 fully saturated rings. The molecule has 0 saturated heterocycles. The number of aryl methyl sites for hydroxylation is 3. The summed E-state index contributed by atoms with van der Waals surface area (Å²) in [7, 11) is 1.63. The van der Waals surface area contributed by atoms with Gasteiger partial charge in [-0.05, 0) is 56.2 Å². The zero-order valence-corrected chi connectivity index (χ0v) is 17.8. The van der Waals surface area contributed by atoms with Crippen LogP contribution in [0.1, 0.15) is 32.6 Å². The highest BCUT2D eigenvalue weighted by atomic mass is 32.1. The standard InChI is InChI=1S/C22H20N2O5S/c1-11-9-14(5-7-16(11)28-4)18-12(2)30-20-19(18)21(25)24(13(3)23-20)10-15-6-8-17(29-15)22(26)27/h5-9H,10H2,1-4H3,(H,26,27). The van der Waals surface area contributed by atoms with E-state index < -0.39 is 5.97 Å². The van der Waals surface area contributed by atoms with E-state index in [1.807, 2.05) is 32.0 Å². The van der Waals surface area contributed by atoms with Gasteiger partial charge in [-0.25, -0.2) is 9.78 Å². The summed E-state index contributed by atoms with van der Waals surface area (Å²) >= 11 is 1.48. The lowest BCUT2D eigenvalue weighted by Gasteiger charge is -2.10. The summed E-state index contributed by atoms with van der Waals surface area (Å²) in [6, 6.07) is 8.78. The monoisotopic (exact) mass is 424 g/mol. The molecule has 0 amide bonds. The molecule has 4 aromatic rings. The average molecular weight is 424 g/mol. The number of furan rings is 1. The van der Waals surface area contributed by atoms with Gasteiger partial charge in [-0.2, -0.15) is 0 Å². The Bertz CT molecular complexity index is 1350. The van der Waals surface area contributed by atoms with E-state index in [1.165, 1.54) is 22.0 Å². The van der Waals surface area contributed by atoms with E-state index in [0.29, 0.717) is 21.8 Å². The Morgan fingerprint density at radius 2 is 2.00 bits per heavy atom. The first-order chi connectivity index (χ1) is 14.3. The van der Waals surface area contributed by atoms with Crippen molar-refractivity contribution < 1.29 is 19.1 Å². The van der Waals surface area contributed by atoms with E-state index in [4.69, 9.17) is 14.3 Å². The van der Waals surface area contributed by atoms with Crippen molar-refractivity contribution in [2.24, 2.45) is 0 Å². The fourth-order valence-corrected chi connectivity index (χ4v) is 4.68. The second-order valence-electron chi connectivity index (χ2n) is 7.02. The van der Waals surface area contributed by atoms with Crippen molar-refractivity contribution in [3.63, 3.8) is 0 Å². The molecule has 154 valence electrons. The second-order valence-corrected chi connectivity index (χ2v) is 8.22. The van der Waals surface area contributed by atoms with E-state index >= 15 is 0 Å². The Hall–Kier alpha value is -3.39. The Morgan fingerprint density at radius 1 is 1.23 bits per heavy atom. The van der Waals surface area contributed by atoms with Gasteiger partial charge in [0.25, 0.3) is 5.56 Å². The largest absolute Gasteiger partial charge is 0.496 e. The Morgan fingerprint density at radius 3 is 2.63 bits per heavy atom. The molecule has 0 unspecified atom stereocenters. The van der Waals surface area contributed by atoms with Gasteiger partial charge in [0.2, 0.25) is 5.76 Å². The molecular weight excluding hydrogens is 404 g/mol. The first-order valence-corrected chi connectivity index (χ1v) is 10.1. The SMILES string of the molecule is COc1ccc(-c2c(C)sc3nc(C)n(Cc4ccc(C(=O)O)o4)c(=O)c23)cc1C. The molecule has 8 heteroatoms. The molecule has 0 saturated carbocycles. The smallest absolute Gasteiger partial charge is 0.371 e. The van der Waals surface area contributed by atoms with Crippen LogP contribution in [0, 0.1) is 20.8 Å². The summed E-state index contributed by atoms with van der Waals surface area (Å²) in [6.07, 6.45) is 0. The molecule has 0 spiro atoms. The lowest BCUT2D eigenvalue weighted by Crippen LogP contribution is -2.24. The van der Waals surface area contributed by atoms with Gasteiger partial charge < -0.3 is 14.3 Å². The van der Waals surface area contributed by atoms with Gasteiger partial charge in [0.05, 0.1) is 19.0 Å². The van der Waals surface area contributed by atoms with E-state index in [-0.39, 0.29) is 17.9 Å². The number of benzene rings is 1. The summed E-state index contributed by atoms with van der Waals surface area (Å²) in [6.45, 7) is 5.81. The molecule has 0 aliphatic heterocycles. The lowest BCUT2D eigenvalue weighted by atomic mass is 10.0. The van der Waals surface area contributed by atoms with Crippen LogP contribution in [0.5, 0.6) is 5.75 Å². The van der Waals surface area contributed by atoms with E-state index in [0.717, 1.165) is 27.3 Å². The van der Waals surface area contributed by atoms with Crippen LogP contribution in [0.3, 0.4) is 0 Å². The predicted molar refractivity (Wildman–Crippen MR) is 115 cm³/mol. The summed E-state index contributed by atoms with van der Waals surface area (Å²) in [5.41, 5.74) is 2.58. The Labute approximate surface area is 176 Å². The topological polar surface area (TPSA) is 94.6 Å². The maximum atomic E-state index is 13.5. The third kappa shape index (κ3) is 3.29. The van der Waals surface area contributed by atoms with Crippen molar-refractivity contribution in [1.29, 1.82) is 0 Å². The van der Waals surface area contributed by atoms with E-state index in [2.05, 4.69) is 4.98 Å². The van der Waals surface area contributed by atoms with Crippen molar-refractivity contribution in [1.82, 2.24) is 9.55 Å². The number of carbonyl (C=O) groups is 1. The van der Waals surface area contributed by atoms with Crippen molar-refractivity contribution in [2.45, 2.75) is 27.3 Å². The minimum Gasteiger partial charge on any atom is -0.496 e. The summed E-state index contributed by atoms with van der Waals surface area (Å²) < 4.78 is 12.2. The van der Waals surface area contributed by atoms with E-state index in [1.54, 1.807) is 20.1 Å². The Kier molecular flexibility index (Phi) is 4.95. The van der Waals surface area contributed by atoms with Gasteiger partial charge in [-0.3, -0.25) is 9.36 Å². The average Bonchev–Trinajstić information content (AvgIpc) is 3.29. The highest BCUT2D eigenvalue weighted by Gasteiger charge is 2.20. The van der Waals surface area contributed by atoms with Crippen molar-refractivity contribution in [3.8, 4) is 16.9 Å². The third-order valence-corrected chi connectivity index (χ3v) is 6.05. The normalized spacial score (nSPS) is 11.2. The molecule has 0 bridgehead atoms. The summed E-state index contributed by atoms with van der Waals surface area (Å²) in [4.78, 5) is 30.8. The number of methoxy groups -OCH3 is 1. The molecule has 0 atom stereocenters. The number of hydrogen-bond donors (Lipinski definition) is 1. The molecule has 1 N–H and O–H groups in total. The van der Waals surface area contributed by atoms with Gasteiger partial charge in [0, 0.05) is 10.4 Å². The molecule has 0 aliphatic carbocycles. The number of rotatable bonds is 5. The minimum atomic E-state index is -1.15. The van der Waals surface area contributed by atoms with Crippen molar-refractivity contribution in [3.05, 3.63) is 68.5 Å². The number of carboxylic acid groups (broad SMARTS) is 1. The van der Waals surface area contributed by atoms with Crippen LogP contribution in [0.2, 0.25) is 0 Å². The van der Waals surface area contributed by atoms with Crippen LogP contribution in [0.15, 0.2) is 39.5 Å². The van der Waals surface area contributed by atoms with Gasteiger partial charge in [-0.1, -0.05) is 6.07 Å². The van der Waals surface area contributed by atoms with Crippen LogP contribution in [-0.4, -0.2) is 27.7 Å². The summed E-state index contributed by atoms with van der Waals surface area (Å²) in [5.74, 6) is 0.399. The molecule has 3 heterocycles. The third-order valence-electron chi connectivity index (χ3n) is 5.05. The number of nitrogens with zero attached hydrogens (tertiary/aromatic N) is 2. The van der Waals surface area contributed by atoms with Crippen LogP contribution < -0.4 is 10.3 Å². The number of hydrogen-bond acceptors (Lipinski definition) is 6. The quantitative estimate of drug-likeness (QED) is 0.510. The molecule has 30 heavy (non-hydrogen) atoms. The number of aromatic carboxylic acids is 1. The van der Waals surface area contributed by atoms with Crippen LogP contribution in [0.4, 0.5) is 0 Å². The highest BCUT2D eigenvalue weighted by molar-refractivity contribution is 7.19. The fourth-order valence-electron chi connectivity index (χ4n) is 3.60. The van der Waals surface area contributed by atoms with Crippen LogP contribution >= 0.6 is 11.3 Å². The second kappa shape index (κ2) is 7.46. The van der Waals surface area contributed by atoms with E-state index in [9.17, 15) is 9.59 Å². The van der Waals surface area contributed by atoms with Crippen molar-refractivity contribution in [2.75, 3.05) is 7.11 Å². The number of aromatic nitrogens is 2. The minimum absolute atomic E-state index is 0.108. The summed E-state index contributed by atoms with van der Waals surface area (Å²) in [5, 5.41) is 9.61. The molecular formula is C22H20N2O5S. The van der Waals surface area contributed by atoms with Gasteiger partial charge in [0.1, 0.15) is 22.2 Å². The first-order valence-electron chi connectivity index (χ1n) is 9.27. The lowest BCUT2D eigenvalue weighted by molar-refractivity contribution is 0.0660. The predicted octanol–water partition coefficient (Wildman–Crippen LogP) is 4.40. The molecule has 1 aromatic carbocycles. The maximum Gasteiger partial charge on any atom is 0.371 e.